The predicted octanol–water partition coefficient (Wildman–Crippen LogP) is 3.56. The third kappa shape index (κ3) is 5.85. The molecule has 3 rings (SSSR count). The van der Waals surface area contributed by atoms with E-state index in [-0.39, 0.29) is 36.0 Å². The van der Waals surface area contributed by atoms with E-state index < -0.39 is 21.7 Å². The van der Waals surface area contributed by atoms with Crippen molar-refractivity contribution in [3.8, 4) is 11.3 Å². The molecule has 0 atom stereocenters. The lowest BCUT2D eigenvalue weighted by molar-refractivity contribution is -0.116. The number of hydrogen-bond donors (Lipinski definition) is 2. The molecule has 0 aliphatic heterocycles. The molecule has 2 aromatic carbocycles. The summed E-state index contributed by atoms with van der Waals surface area (Å²) in [6, 6.07) is 9.29. The molecule has 29 heavy (non-hydrogen) atoms. The maximum Gasteiger partial charge on any atom is 0.229 e. The fraction of sp³-hybridized carbons (Fsp3) is 0.158. The van der Waals surface area contributed by atoms with Crippen molar-refractivity contribution in [1.29, 1.82) is 0 Å². The van der Waals surface area contributed by atoms with Crippen LogP contribution in [-0.2, 0) is 21.2 Å². The van der Waals surface area contributed by atoms with Crippen LogP contribution < -0.4 is 10.0 Å². The van der Waals surface area contributed by atoms with Gasteiger partial charge in [0.05, 0.1) is 18.0 Å². The second-order valence-electron chi connectivity index (χ2n) is 6.24. The minimum Gasteiger partial charge on any atom is -0.441 e. The van der Waals surface area contributed by atoms with Crippen LogP contribution in [0.3, 0.4) is 0 Å². The van der Waals surface area contributed by atoms with Gasteiger partial charge in [0.2, 0.25) is 15.9 Å². The highest BCUT2D eigenvalue weighted by Gasteiger charge is 2.13. The summed E-state index contributed by atoms with van der Waals surface area (Å²) in [5.74, 6) is -1.37. The maximum absolute atomic E-state index is 13.8. The zero-order valence-electron chi connectivity index (χ0n) is 15.3. The molecule has 0 radical (unpaired) electrons. The second kappa shape index (κ2) is 8.39. The molecule has 0 unspecified atom stereocenters. The standard InChI is InChI=1S/C19H17F2N3O4S/c1-29(26,27)24-14-5-3-13(4-6-14)23-18(25)8-9-19-22-11-17(28-19)15-7-2-12(20)10-16(15)21/h2-7,10-11,24H,8-9H2,1H3,(H,23,25). The lowest BCUT2D eigenvalue weighted by Crippen LogP contribution is -2.13. The van der Waals surface area contributed by atoms with Crippen LogP contribution in [0.15, 0.2) is 53.1 Å². The molecule has 0 saturated carbocycles. The summed E-state index contributed by atoms with van der Waals surface area (Å²) >= 11 is 0. The number of halogens is 2. The quantitative estimate of drug-likeness (QED) is 0.607. The molecule has 152 valence electrons. The number of aryl methyl sites for hydroxylation is 1. The Kier molecular flexibility index (Phi) is 5.92. The number of carbonyl (C=O) groups excluding carboxylic acids is 1. The zero-order chi connectivity index (χ0) is 21.0. The van der Waals surface area contributed by atoms with Gasteiger partial charge >= 0.3 is 0 Å². The van der Waals surface area contributed by atoms with Crippen molar-refractivity contribution < 1.29 is 26.4 Å². The van der Waals surface area contributed by atoms with Gasteiger partial charge in [-0.1, -0.05) is 0 Å². The van der Waals surface area contributed by atoms with E-state index in [9.17, 15) is 22.0 Å². The molecule has 1 aromatic heterocycles. The Bertz CT molecular complexity index is 1130. The number of hydrogen-bond acceptors (Lipinski definition) is 5. The summed E-state index contributed by atoms with van der Waals surface area (Å²) in [5, 5.41) is 2.67. The number of aromatic nitrogens is 1. The van der Waals surface area contributed by atoms with E-state index in [1.165, 1.54) is 24.4 Å². The topological polar surface area (TPSA) is 101 Å². The van der Waals surface area contributed by atoms with Crippen molar-refractivity contribution in [3.05, 3.63) is 66.2 Å². The number of carbonyl (C=O) groups is 1. The van der Waals surface area contributed by atoms with Crippen LogP contribution in [0.4, 0.5) is 20.2 Å². The number of rotatable bonds is 7. The third-order valence-electron chi connectivity index (χ3n) is 3.79. The molecule has 0 saturated heterocycles. The Labute approximate surface area is 165 Å². The number of amides is 1. The lowest BCUT2D eigenvalue weighted by Gasteiger charge is -2.07. The van der Waals surface area contributed by atoms with Crippen LogP contribution in [0.25, 0.3) is 11.3 Å². The van der Waals surface area contributed by atoms with Crippen LogP contribution in [0.1, 0.15) is 12.3 Å². The number of benzene rings is 2. The van der Waals surface area contributed by atoms with E-state index in [4.69, 9.17) is 4.42 Å². The van der Waals surface area contributed by atoms with Crippen LogP contribution in [0.2, 0.25) is 0 Å². The van der Waals surface area contributed by atoms with Gasteiger partial charge in [-0.15, -0.1) is 0 Å². The van der Waals surface area contributed by atoms with E-state index in [2.05, 4.69) is 15.0 Å². The Morgan fingerprint density at radius 2 is 1.79 bits per heavy atom. The highest BCUT2D eigenvalue weighted by Crippen LogP contribution is 2.24. The number of oxazole rings is 1. The third-order valence-corrected chi connectivity index (χ3v) is 4.39. The molecular weight excluding hydrogens is 404 g/mol. The highest BCUT2D eigenvalue weighted by molar-refractivity contribution is 7.92. The first-order valence-corrected chi connectivity index (χ1v) is 10.4. The number of nitrogens with one attached hydrogen (secondary N) is 2. The summed E-state index contributed by atoms with van der Waals surface area (Å²) < 4.78 is 56.9. The van der Waals surface area contributed by atoms with Gasteiger partial charge in [-0.2, -0.15) is 0 Å². The minimum atomic E-state index is -3.37. The van der Waals surface area contributed by atoms with Crippen molar-refractivity contribution in [2.24, 2.45) is 0 Å². The monoisotopic (exact) mass is 421 g/mol. The first-order chi connectivity index (χ1) is 13.7. The Hall–Kier alpha value is -3.27. The summed E-state index contributed by atoms with van der Waals surface area (Å²) in [5.41, 5.74) is 0.957. The van der Waals surface area contributed by atoms with Crippen LogP contribution in [-0.4, -0.2) is 25.6 Å². The predicted molar refractivity (Wildman–Crippen MR) is 104 cm³/mol. The van der Waals surface area contributed by atoms with Crippen LogP contribution in [0, 0.1) is 11.6 Å². The fourth-order valence-electron chi connectivity index (χ4n) is 2.52. The second-order valence-corrected chi connectivity index (χ2v) is 7.99. The molecule has 1 amide bonds. The van der Waals surface area contributed by atoms with Gasteiger partial charge in [-0.3, -0.25) is 9.52 Å². The average Bonchev–Trinajstić information content (AvgIpc) is 3.09. The molecule has 0 aliphatic carbocycles. The summed E-state index contributed by atoms with van der Waals surface area (Å²) in [6.45, 7) is 0. The fourth-order valence-corrected chi connectivity index (χ4v) is 3.08. The largest absolute Gasteiger partial charge is 0.441 e. The van der Waals surface area contributed by atoms with Gasteiger partial charge in [-0.25, -0.2) is 22.2 Å². The van der Waals surface area contributed by atoms with Gasteiger partial charge < -0.3 is 9.73 Å². The van der Waals surface area contributed by atoms with Crippen molar-refractivity contribution in [3.63, 3.8) is 0 Å². The molecule has 0 fully saturated rings. The highest BCUT2D eigenvalue weighted by atomic mass is 32.2. The Balaban J connectivity index is 1.55. The normalized spacial score (nSPS) is 11.3. The Morgan fingerprint density at radius 1 is 1.10 bits per heavy atom. The van der Waals surface area contributed by atoms with E-state index in [1.54, 1.807) is 12.1 Å². The molecule has 0 spiro atoms. The summed E-state index contributed by atoms with van der Waals surface area (Å²) in [7, 11) is -3.37. The zero-order valence-corrected chi connectivity index (χ0v) is 16.1. The molecule has 7 nitrogen and oxygen atoms in total. The molecule has 3 aromatic rings. The SMILES string of the molecule is CS(=O)(=O)Nc1ccc(NC(=O)CCc2ncc(-c3ccc(F)cc3F)o2)cc1. The smallest absolute Gasteiger partial charge is 0.229 e. The molecule has 0 aliphatic rings. The van der Waals surface area contributed by atoms with Crippen molar-refractivity contribution >= 4 is 27.3 Å². The van der Waals surface area contributed by atoms with Gasteiger partial charge in [0.15, 0.2) is 11.7 Å². The molecule has 10 heteroatoms. The summed E-state index contributed by atoms with van der Waals surface area (Å²) in [6.07, 6.45) is 2.61. The number of sulfonamides is 1. The van der Waals surface area contributed by atoms with Crippen molar-refractivity contribution in [2.45, 2.75) is 12.8 Å². The van der Waals surface area contributed by atoms with Gasteiger partial charge in [0.1, 0.15) is 11.6 Å². The number of anilines is 2. The van der Waals surface area contributed by atoms with Gasteiger partial charge in [0.25, 0.3) is 0 Å². The Morgan fingerprint density at radius 3 is 2.45 bits per heavy atom. The summed E-state index contributed by atoms with van der Waals surface area (Å²) in [4.78, 5) is 16.1. The van der Waals surface area contributed by atoms with E-state index in [0.717, 1.165) is 18.4 Å². The van der Waals surface area contributed by atoms with Gasteiger partial charge in [0, 0.05) is 30.3 Å². The number of nitrogens with zero attached hydrogens (tertiary/aromatic N) is 1. The van der Waals surface area contributed by atoms with Crippen molar-refractivity contribution in [1.82, 2.24) is 4.98 Å². The van der Waals surface area contributed by atoms with Gasteiger partial charge in [-0.05, 0) is 36.4 Å². The van der Waals surface area contributed by atoms with Crippen LogP contribution >= 0.6 is 0 Å². The average molecular weight is 421 g/mol. The lowest BCUT2D eigenvalue weighted by atomic mass is 10.2. The van der Waals surface area contributed by atoms with E-state index in [0.29, 0.717) is 11.4 Å². The first kappa shape index (κ1) is 20.5. The molecular formula is C19H17F2N3O4S. The minimum absolute atomic E-state index is 0.0647. The first-order valence-electron chi connectivity index (χ1n) is 8.47. The van der Waals surface area contributed by atoms with E-state index >= 15 is 0 Å². The van der Waals surface area contributed by atoms with Crippen molar-refractivity contribution in [2.75, 3.05) is 16.3 Å². The maximum atomic E-state index is 13.8. The molecule has 2 N–H and O–H groups in total. The van der Waals surface area contributed by atoms with Crippen LogP contribution in [0.5, 0.6) is 0 Å². The van der Waals surface area contributed by atoms with E-state index in [1.807, 2.05) is 0 Å². The molecule has 1 heterocycles. The molecule has 0 bridgehead atoms.